The molecule has 1 fully saturated rings. The first kappa shape index (κ1) is 15.8. The van der Waals surface area contributed by atoms with Crippen molar-refractivity contribution >= 4 is 31.5 Å². The van der Waals surface area contributed by atoms with Crippen molar-refractivity contribution in [2.24, 2.45) is 0 Å². The van der Waals surface area contributed by atoms with Crippen LogP contribution in [0.25, 0.3) is 0 Å². The molecule has 0 aromatic heterocycles. The molecule has 0 aliphatic carbocycles. The summed E-state index contributed by atoms with van der Waals surface area (Å²) in [6.45, 7) is 3.94. The van der Waals surface area contributed by atoms with Crippen LogP contribution in [-0.4, -0.2) is 45.3 Å². The number of alkyl halides is 1. The molecule has 112 valence electrons. The minimum atomic E-state index is -3.21. The van der Waals surface area contributed by atoms with Gasteiger partial charge < -0.3 is 9.64 Å². The van der Waals surface area contributed by atoms with Crippen molar-refractivity contribution in [3.63, 3.8) is 0 Å². The number of ether oxygens (including phenoxy) is 1. The summed E-state index contributed by atoms with van der Waals surface area (Å²) in [6, 6.07) is 7.27. The van der Waals surface area contributed by atoms with Gasteiger partial charge >= 0.3 is 0 Å². The Hall–Kier alpha value is -0.590. The molecule has 1 aliphatic heterocycles. The van der Waals surface area contributed by atoms with Crippen molar-refractivity contribution in [2.75, 3.05) is 35.7 Å². The van der Waals surface area contributed by atoms with Gasteiger partial charge in [0.15, 0.2) is 9.84 Å². The Kier molecular flexibility index (Phi) is 5.46. The number of sulfone groups is 1. The van der Waals surface area contributed by atoms with Crippen LogP contribution in [0.2, 0.25) is 0 Å². The first-order valence-electron chi connectivity index (χ1n) is 6.82. The third-order valence-corrected chi connectivity index (χ3v) is 6.01. The van der Waals surface area contributed by atoms with Crippen LogP contribution in [0.4, 0.5) is 5.69 Å². The van der Waals surface area contributed by atoms with Crippen molar-refractivity contribution in [1.82, 2.24) is 0 Å². The second kappa shape index (κ2) is 6.91. The molecule has 0 radical (unpaired) electrons. The van der Waals surface area contributed by atoms with E-state index < -0.39 is 9.84 Å². The lowest BCUT2D eigenvalue weighted by Gasteiger charge is -2.34. The van der Waals surface area contributed by atoms with E-state index in [1.54, 1.807) is 12.1 Å². The van der Waals surface area contributed by atoms with Crippen molar-refractivity contribution in [3.8, 4) is 0 Å². The van der Waals surface area contributed by atoms with Crippen LogP contribution in [0.1, 0.15) is 13.3 Å². The van der Waals surface area contributed by atoms with Crippen molar-refractivity contribution in [1.29, 1.82) is 0 Å². The number of hydrogen-bond acceptors (Lipinski definition) is 4. The summed E-state index contributed by atoms with van der Waals surface area (Å²) in [5, 5.41) is 0.757. The number of nitrogens with zero attached hydrogens (tertiary/aromatic N) is 1. The fourth-order valence-electron chi connectivity index (χ4n) is 2.39. The van der Waals surface area contributed by atoms with Gasteiger partial charge in [-0.15, -0.1) is 0 Å². The number of anilines is 1. The SMILES string of the molecule is CCCS(=O)(=O)c1ccccc1N1CCOC(CBr)C1. The number of rotatable bonds is 5. The van der Waals surface area contributed by atoms with Gasteiger partial charge in [0.05, 0.1) is 29.0 Å². The van der Waals surface area contributed by atoms with Gasteiger partial charge in [-0.2, -0.15) is 0 Å². The van der Waals surface area contributed by atoms with Crippen molar-refractivity contribution in [2.45, 2.75) is 24.3 Å². The largest absolute Gasteiger partial charge is 0.374 e. The molecular formula is C14H20BrNO3S. The van der Waals surface area contributed by atoms with E-state index in [2.05, 4.69) is 20.8 Å². The van der Waals surface area contributed by atoms with E-state index in [-0.39, 0.29) is 11.9 Å². The van der Waals surface area contributed by atoms with E-state index in [9.17, 15) is 8.42 Å². The van der Waals surface area contributed by atoms with E-state index in [4.69, 9.17) is 4.74 Å². The molecule has 0 bridgehead atoms. The van der Waals surface area contributed by atoms with Crippen LogP contribution < -0.4 is 4.90 Å². The van der Waals surface area contributed by atoms with Gasteiger partial charge in [0.1, 0.15) is 0 Å². The van der Waals surface area contributed by atoms with Gasteiger partial charge in [-0.3, -0.25) is 0 Å². The van der Waals surface area contributed by atoms with Crippen LogP contribution in [0.3, 0.4) is 0 Å². The minimum Gasteiger partial charge on any atom is -0.374 e. The number of halogens is 1. The lowest BCUT2D eigenvalue weighted by Crippen LogP contribution is -2.43. The van der Waals surface area contributed by atoms with Gasteiger partial charge in [-0.25, -0.2) is 8.42 Å². The summed E-state index contributed by atoms with van der Waals surface area (Å²) in [6.07, 6.45) is 0.731. The monoisotopic (exact) mass is 361 g/mol. The quantitative estimate of drug-likeness (QED) is 0.755. The fraction of sp³-hybridized carbons (Fsp3) is 0.571. The highest BCUT2D eigenvalue weighted by Gasteiger charge is 2.25. The Bertz CT molecular complexity index is 547. The zero-order valence-corrected chi connectivity index (χ0v) is 14.0. The maximum atomic E-state index is 12.4. The smallest absolute Gasteiger partial charge is 0.180 e. The molecule has 4 nitrogen and oxygen atoms in total. The molecule has 1 atom stereocenters. The molecule has 0 saturated carbocycles. The predicted molar refractivity (Wildman–Crippen MR) is 84.5 cm³/mol. The summed E-state index contributed by atoms with van der Waals surface area (Å²) < 4.78 is 30.4. The highest BCUT2D eigenvalue weighted by molar-refractivity contribution is 9.09. The van der Waals surface area contributed by atoms with Gasteiger partial charge in [-0.1, -0.05) is 35.0 Å². The zero-order chi connectivity index (χ0) is 14.6. The summed E-state index contributed by atoms with van der Waals surface area (Å²) in [5.74, 6) is 0.191. The molecule has 1 saturated heterocycles. The van der Waals surface area contributed by atoms with Crippen LogP contribution >= 0.6 is 15.9 Å². The number of para-hydroxylation sites is 1. The Labute approximate surface area is 129 Å². The molecule has 1 aromatic rings. The van der Waals surface area contributed by atoms with E-state index in [1.807, 2.05) is 19.1 Å². The molecule has 0 N–H and O–H groups in total. The molecule has 1 aromatic carbocycles. The van der Waals surface area contributed by atoms with Crippen LogP contribution in [0, 0.1) is 0 Å². The number of benzene rings is 1. The third kappa shape index (κ3) is 3.54. The van der Waals surface area contributed by atoms with Gasteiger partial charge in [-0.05, 0) is 18.6 Å². The summed E-state index contributed by atoms with van der Waals surface area (Å²) in [4.78, 5) is 2.55. The van der Waals surface area contributed by atoms with Crippen LogP contribution in [0.5, 0.6) is 0 Å². The molecule has 0 amide bonds. The van der Waals surface area contributed by atoms with Crippen LogP contribution in [0.15, 0.2) is 29.2 Å². The highest BCUT2D eigenvalue weighted by Crippen LogP contribution is 2.28. The molecule has 1 heterocycles. The molecular weight excluding hydrogens is 342 g/mol. The standard InChI is InChI=1S/C14H20BrNO3S/c1-2-9-20(17,18)14-6-4-3-5-13(14)16-7-8-19-12(10-15)11-16/h3-6,12H,2,7-11H2,1H3. The average molecular weight is 362 g/mol. The first-order valence-corrected chi connectivity index (χ1v) is 9.60. The maximum absolute atomic E-state index is 12.4. The molecule has 1 unspecified atom stereocenters. The van der Waals surface area contributed by atoms with E-state index in [0.29, 0.717) is 24.5 Å². The van der Waals surface area contributed by atoms with E-state index in [0.717, 1.165) is 17.6 Å². The van der Waals surface area contributed by atoms with Gasteiger partial charge in [0, 0.05) is 18.4 Å². The molecule has 20 heavy (non-hydrogen) atoms. The highest BCUT2D eigenvalue weighted by atomic mass is 79.9. The number of hydrogen-bond donors (Lipinski definition) is 0. The maximum Gasteiger partial charge on any atom is 0.180 e. The molecule has 0 spiro atoms. The predicted octanol–water partition coefficient (Wildman–Crippen LogP) is 2.47. The van der Waals surface area contributed by atoms with Gasteiger partial charge in [0.2, 0.25) is 0 Å². The zero-order valence-electron chi connectivity index (χ0n) is 11.6. The Balaban J connectivity index is 2.33. The Morgan fingerprint density at radius 3 is 2.85 bits per heavy atom. The summed E-state index contributed by atoms with van der Waals surface area (Å²) >= 11 is 3.42. The average Bonchev–Trinajstić information content (AvgIpc) is 2.47. The lowest BCUT2D eigenvalue weighted by atomic mass is 10.2. The minimum absolute atomic E-state index is 0.102. The molecule has 2 rings (SSSR count). The van der Waals surface area contributed by atoms with E-state index >= 15 is 0 Å². The normalized spacial score (nSPS) is 20.1. The first-order chi connectivity index (χ1) is 9.58. The third-order valence-electron chi connectivity index (χ3n) is 3.32. The Morgan fingerprint density at radius 1 is 1.40 bits per heavy atom. The molecule has 6 heteroatoms. The molecule has 1 aliphatic rings. The van der Waals surface area contributed by atoms with Gasteiger partial charge in [0.25, 0.3) is 0 Å². The van der Waals surface area contributed by atoms with Crippen molar-refractivity contribution < 1.29 is 13.2 Å². The Morgan fingerprint density at radius 2 is 2.15 bits per heavy atom. The second-order valence-electron chi connectivity index (χ2n) is 4.88. The summed E-state index contributed by atoms with van der Waals surface area (Å²) in [7, 11) is -3.21. The number of morpholine rings is 1. The second-order valence-corrected chi connectivity index (χ2v) is 7.60. The van der Waals surface area contributed by atoms with Crippen molar-refractivity contribution in [3.05, 3.63) is 24.3 Å². The fourth-order valence-corrected chi connectivity index (χ4v) is 4.34. The van der Waals surface area contributed by atoms with E-state index in [1.165, 1.54) is 0 Å². The lowest BCUT2D eigenvalue weighted by molar-refractivity contribution is 0.0569. The topological polar surface area (TPSA) is 46.6 Å². The van der Waals surface area contributed by atoms with Crippen LogP contribution in [-0.2, 0) is 14.6 Å². The summed E-state index contributed by atoms with van der Waals surface area (Å²) in [5.41, 5.74) is 0.801.